The molecule has 0 aliphatic rings. The first-order valence-corrected chi connectivity index (χ1v) is 9.04. The van der Waals surface area contributed by atoms with Crippen molar-refractivity contribution in [3.05, 3.63) is 59.7 Å². The zero-order valence-electron chi connectivity index (χ0n) is 14.0. The van der Waals surface area contributed by atoms with Crippen molar-refractivity contribution in [1.29, 1.82) is 0 Å². The summed E-state index contributed by atoms with van der Waals surface area (Å²) in [4.78, 5) is 15.5. The van der Waals surface area contributed by atoms with Gasteiger partial charge in [-0.2, -0.15) is 0 Å². The second-order valence-electron chi connectivity index (χ2n) is 5.53. The molecule has 0 N–H and O–H groups in total. The quantitative estimate of drug-likeness (QED) is 0.555. The van der Waals surface area contributed by atoms with E-state index in [9.17, 15) is 17.6 Å². The highest BCUT2D eigenvalue weighted by molar-refractivity contribution is 7.89. The number of carbonyl (C=O) groups is 1. The van der Waals surface area contributed by atoms with E-state index < -0.39 is 26.7 Å². The topological polar surface area (TPSA) is 76.6 Å². The van der Waals surface area contributed by atoms with Crippen LogP contribution in [-0.4, -0.2) is 44.4 Å². The summed E-state index contributed by atoms with van der Waals surface area (Å²) in [5.41, 5.74) is 1.02. The number of hydrogen-bond acceptors (Lipinski definition) is 5. The largest absolute Gasteiger partial charge is 0.462 e. The predicted molar refractivity (Wildman–Crippen MR) is 90.1 cm³/mol. The number of pyridine rings is 1. The number of carbonyl (C=O) groups excluding carboxylic acids is 1. The lowest BCUT2D eigenvalue weighted by Gasteiger charge is -2.13. The van der Waals surface area contributed by atoms with Gasteiger partial charge >= 0.3 is 5.97 Å². The van der Waals surface area contributed by atoms with Crippen LogP contribution in [0.25, 0.3) is 0 Å². The van der Waals surface area contributed by atoms with E-state index in [0.717, 1.165) is 22.0 Å². The maximum atomic E-state index is 13.8. The minimum atomic E-state index is -3.98. The van der Waals surface area contributed by atoms with Crippen LogP contribution in [0.3, 0.4) is 0 Å². The van der Waals surface area contributed by atoms with E-state index in [-0.39, 0.29) is 12.2 Å². The molecule has 8 heteroatoms. The summed E-state index contributed by atoms with van der Waals surface area (Å²) in [6, 6.07) is 6.89. The minimum absolute atomic E-state index is 0.0109. The third-order valence-corrected chi connectivity index (χ3v) is 5.32. The highest BCUT2D eigenvalue weighted by atomic mass is 32.2. The van der Waals surface area contributed by atoms with Crippen molar-refractivity contribution in [2.45, 2.75) is 17.7 Å². The first-order valence-electron chi connectivity index (χ1n) is 7.60. The van der Waals surface area contributed by atoms with Gasteiger partial charge in [0.2, 0.25) is 10.0 Å². The molecule has 0 saturated heterocycles. The highest BCUT2D eigenvalue weighted by Gasteiger charge is 2.23. The van der Waals surface area contributed by atoms with Gasteiger partial charge in [0.15, 0.2) is 0 Å². The molecule has 25 heavy (non-hydrogen) atoms. The fourth-order valence-corrected chi connectivity index (χ4v) is 3.08. The lowest BCUT2D eigenvalue weighted by Crippen LogP contribution is -2.23. The van der Waals surface area contributed by atoms with Crippen LogP contribution in [0.15, 0.2) is 47.6 Å². The van der Waals surface area contributed by atoms with Crippen LogP contribution in [0.5, 0.6) is 0 Å². The maximum Gasteiger partial charge on any atom is 0.338 e. The summed E-state index contributed by atoms with van der Waals surface area (Å²) in [6.45, 7) is 0.168. The summed E-state index contributed by atoms with van der Waals surface area (Å²) in [6.07, 6.45) is 4.71. The molecule has 6 nitrogen and oxygen atoms in total. The molecule has 1 aromatic carbocycles. The van der Waals surface area contributed by atoms with E-state index in [4.69, 9.17) is 4.74 Å². The van der Waals surface area contributed by atoms with Crippen molar-refractivity contribution >= 4 is 16.0 Å². The lowest BCUT2D eigenvalue weighted by molar-refractivity contribution is 0.0500. The molecule has 0 saturated carbocycles. The first kappa shape index (κ1) is 19.0. The molecule has 2 aromatic rings. The first-order chi connectivity index (χ1) is 11.8. The Morgan fingerprint density at radius 1 is 1.28 bits per heavy atom. The Morgan fingerprint density at radius 3 is 2.68 bits per heavy atom. The number of aryl methyl sites for hydroxylation is 1. The van der Waals surface area contributed by atoms with E-state index in [0.29, 0.717) is 12.8 Å². The van der Waals surface area contributed by atoms with Gasteiger partial charge in [-0.05, 0) is 42.7 Å². The standard InChI is InChI=1S/C17H19FN2O4S/c1-20(2)25(22,23)16-11-14(7-8-15(16)18)17(21)24-10-4-6-13-5-3-9-19-12-13/h3,5,7-9,11-12H,4,6,10H2,1-2H3. The van der Waals surface area contributed by atoms with E-state index in [2.05, 4.69) is 4.98 Å². The van der Waals surface area contributed by atoms with Crippen LogP contribution < -0.4 is 0 Å². The molecule has 0 bridgehead atoms. The molecule has 0 aliphatic carbocycles. The van der Waals surface area contributed by atoms with Gasteiger partial charge in [0.25, 0.3) is 0 Å². The third kappa shape index (κ3) is 4.83. The van der Waals surface area contributed by atoms with Crippen LogP contribution in [-0.2, 0) is 21.2 Å². The van der Waals surface area contributed by atoms with Crippen molar-refractivity contribution in [1.82, 2.24) is 9.29 Å². The number of benzene rings is 1. The van der Waals surface area contributed by atoms with Crippen LogP contribution in [0.2, 0.25) is 0 Å². The molecule has 134 valence electrons. The van der Waals surface area contributed by atoms with Gasteiger partial charge in [-0.3, -0.25) is 4.98 Å². The predicted octanol–water partition coefficient (Wildman–Crippen LogP) is 2.26. The molecule has 0 radical (unpaired) electrons. The van der Waals surface area contributed by atoms with E-state index in [1.54, 1.807) is 12.4 Å². The number of hydrogen-bond donors (Lipinski definition) is 0. The number of esters is 1. The average molecular weight is 366 g/mol. The Kier molecular flexibility index (Phi) is 6.22. The Balaban J connectivity index is 2.00. The summed E-state index contributed by atoms with van der Waals surface area (Å²) in [5, 5.41) is 0. The molecular weight excluding hydrogens is 347 g/mol. The van der Waals surface area contributed by atoms with Gasteiger partial charge in [0.1, 0.15) is 10.7 Å². The van der Waals surface area contributed by atoms with Gasteiger partial charge in [0.05, 0.1) is 12.2 Å². The number of ether oxygens (including phenoxy) is 1. The molecule has 0 fully saturated rings. The smallest absolute Gasteiger partial charge is 0.338 e. The molecule has 0 unspecified atom stereocenters. The second-order valence-corrected chi connectivity index (χ2v) is 7.65. The number of sulfonamides is 1. The lowest BCUT2D eigenvalue weighted by atomic mass is 10.2. The van der Waals surface area contributed by atoms with Gasteiger partial charge in [0, 0.05) is 26.5 Å². The van der Waals surface area contributed by atoms with Crippen molar-refractivity contribution in [3.8, 4) is 0 Å². The van der Waals surface area contributed by atoms with Crippen LogP contribution in [0.1, 0.15) is 22.3 Å². The summed E-state index contributed by atoms with van der Waals surface area (Å²) in [5.74, 6) is -1.61. The van der Waals surface area contributed by atoms with Gasteiger partial charge in [-0.25, -0.2) is 21.9 Å². The van der Waals surface area contributed by atoms with Crippen molar-refractivity contribution in [3.63, 3.8) is 0 Å². The number of nitrogens with zero attached hydrogens (tertiary/aromatic N) is 2. The molecular formula is C17H19FN2O4S. The van der Waals surface area contributed by atoms with Crippen LogP contribution in [0.4, 0.5) is 4.39 Å². The third-order valence-electron chi connectivity index (χ3n) is 3.49. The zero-order valence-corrected chi connectivity index (χ0v) is 14.8. The molecule has 1 aromatic heterocycles. The number of aromatic nitrogens is 1. The van der Waals surface area contributed by atoms with E-state index >= 15 is 0 Å². The Bertz CT molecular complexity index is 839. The Morgan fingerprint density at radius 2 is 2.04 bits per heavy atom. The highest BCUT2D eigenvalue weighted by Crippen LogP contribution is 2.19. The fraction of sp³-hybridized carbons (Fsp3) is 0.294. The molecule has 0 aliphatic heterocycles. The van der Waals surface area contributed by atoms with Gasteiger partial charge in [-0.1, -0.05) is 6.07 Å². The Hall–Kier alpha value is -2.32. The molecule has 2 rings (SSSR count). The molecule has 1 heterocycles. The summed E-state index contributed by atoms with van der Waals surface area (Å²) < 4.78 is 44.0. The number of rotatable bonds is 7. The maximum absolute atomic E-state index is 13.8. The number of halogens is 1. The Labute approximate surface area is 146 Å². The van der Waals surface area contributed by atoms with Crippen molar-refractivity contribution in [2.24, 2.45) is 0 Å². The molecule has 0 atom stereocenters. The fourth-order valence-electron chi connectivity index (χ4n) is 2.10. The van der Waals surface area contributed by atoms with Crippen molar-refractivity contribution < 1.29 is 22.3 Å². The zero-order chi connectivity index (χ0) is 18.4. The summed E-state index contributed by atoms with van der Waals surface area (Å²) in [7, 11) is -1.40. The van der Waals surface area contributed by atoms with E-state index in [1.165, 1.54) is 20.2 Å². The minimum Gasteiger partial charge on any atom is -0.462 e. The summed E-state index contributed by atoms with van der Waals surface area (Å²) >= 11 is 0. The average Bonchev–Trinajstić information content (AvgIpc) is 2.59. The van der Waals surface area contributed by atoms with Crippen LogP contribution in [0, 0.1) is 5.82 Å². The SMILES string of the molecule is CN(C)S(=O)(=O)c1cc(C(=O)OCCCc2cccnc2)ccc1F. The van der Waals surface area contributed by atoms with Crippen molar-refractivity contribution in [2.75, 3.05) is 20.7 Å². The van der Waals surface area contributed by atoms with Gasteiger partial charge < -0.3 is 4.74 Å². The monoisotopic (exact) mass is 366 g/mol. The van der Waals surface area contributed by atoms with Gasteiger partial charge in [-0.15, -0.1) is 0 Å². The second kappa shape index (κ2) is 8.17. The molecule has 0 amide bonds. The normalized spacial score (nSPS) is 11.5. The van der Waals surface area contributed by atoms with Crippen LogP contribution >= 0.6 is 0 Å². The molecule has 0 spiro atoms. The van der Waals surface area contributed by atoms with E-state index in [1.807, 2.05) is 12.1 Å².